The molecule has 0 saturated heterocycles. The van der Waals surface area contributed by atoms with Crippen LogP contribution in [0.2, 0.25) is 0 Å². The lowest BCUT2D eigenvalue weighted by atomic mass is 9.99. The van der Waals surface area contributed by atoms with E-state index in [2.05, 4.69) is 15.0 Å². The highest BCUT2D eigenvalue weighted by molar-refractivity contribution is 7.92. The van der Waals surface area contributed by atoms with Crippen molar-refractivity contribution in [3.8, 4) is 5.75 Å². The number of aliphatic hydroxyl groups excluding tert-OH is 1. The van der Waals surface area contributed by atoms with Crippen LogP contribution >= 0.6 is 0 Å². The summed E-state index contributed by atoms with van der Waals surface area (Å²) >= 11 is 0. The van der Waals surface area contributed by atoms with Crippen LogP contribution in [0, 0.1) is 5.92 Å². The van der Waals surface area contributed by atoms with Gasteiger partial charge in [-0.15, -0.1) is 0 Å². The van der Waals surface area contributed by atoms with Crippen LogP contribution in [0.3, 0.4) is 0 Å². The maximum Gasteiger partial charge on any atom is 0.321 e. The number of aryl methyl sites for hydroxylation is 1. The van der Waals surface area contributed by atoms with Crippen molar-refractivity contribution in [3.63, 3.8) is 0 Å². The Kier molecular flexibility index (Phi) is 8.64. The van der Waals surface area contributed by atoms with E-state index in [1.807, 2.05) is 25.1 Å². The molecular formula is C27H34N6O6S. The van der Waals surface area contributed by atoms with Crippen LogP contribution in [-0.4, -0.2) is 83.7 Å². The van der Waals surface area contributed by atoms with Crippen molar-refractivity contribution < 1.29 is 27.9 Å². The minimum atomic E-state index is -4.00. The first-order valence-corrected chi connectivity index (χ1v) is 14.3. The van der Waals surface area contributed by atoms with Gasteiger partial charge in [0.1, 0.15) is 11.9 Å². The Morgan fingerprint density at radius 1 is 1.23 bits per heavy atom. The first-order valence-electron chi connectivity index (χ1n) is 12.8. The van der Waals surface area contributed by atoms with Gasteiger partial charge in [0.25, 0.3) is 15.9 Å². The molecular weight excluding hydrogens is 536 g/mol. The number of carbonyl (C=O) groups excluding carboxylic acids is 2. The number of nitrogens with one attached hydrogen (secondary N) is 2. The summed E-state index contributed by atoms with van der Waals surface area (Å²) in [6.07, 6.45) is 2.23. The summed E-state index contributed by atoms with van der Waals surface area (Å²) < 4.78 is 35.9. The number of urea groups is 1. The van der Waals surface area contributed by atoms with E-state index in [1.54, 1.807) is 38.1 Å². The number of amides is 3. The molecule has 2 heterocycles. The molecule has 0 bridgehead atoms. The minimum absolute atomic E-state index is 0.134. The highest BCUT2D eigenvalue weighted by Gasteiger charge is 2.34. The minimum Gasteiger partial charge on any atom is -0.487 e. The average Bonchev–Trinajstić information content (AvgIpc) is 3.38. The van der Waals surface area contributed by atoms with Crippen molar-refractivity contribution in [2.75, 3.05) is 36.8 Å². The third-order valence-electron chi connectivity index (χ3n) is 6.70. The predicted molar refractivity (Wildman–Crippen MR) is 150 cm³/mol. The van der Waals surface area contributed by atoms with E-state index >= 15 is 0 Å². The van der Waals surface area contributed by atoms with Crippen molar-refractivity contribution >= 4 is 33.3 Å². The summed E-state index contributed by atoms with van der Waals surface area (Å²) in [6, 6.07) is 12.7. The van der Waals surface area contributed by atoms with Gasteiger partial charge in [-0.25, -0.2) is 9.78 Å². The molecule has 1 aliphatic heterocycles. The number of para-hydroxylation sites is 1. The lowest BCUT2D eigenvalue weighted by molar-refractivity contribution is 0.0371. The highest BCUT2D eigenvalue weighted by atomic mass is 32.2. The Bertz CT molecular complexity index is 1460. The predicted octanol–water partition coefficient (Wildman–Crippen LogP) is 2.60. The number of rotatable bonds is 8. The van der Waals surface area contributed by atoms with Crippen molar-refractivity contribution in [2.24, 2.45) is 13.0 Å². The molecule has 0 saturated carbocycles. The molecule has 0 spiro atoms. The fraction of sp³-hybridized carbons (Fsp3) is 0.370. The van der Waals surface area contributed by atoms with Gasteiger partial charge in [-0.3, -0.25) is 9.52 Å². The summed E-state index contributed by atoms with van der Waals surface area (Å²) in [7, 11) is -0.684. The monoisotopic (exact) mass is 570 g/mol. The number of ether oxygens (including phenoxy) is 1. The van der Waals surface area contributed by atoms with Gasteiger partial charge >= 0.3 is 6.03 Å². The summed E-state index contributed by atoms with van der Waals surface area (Å²) in [6.45, 7) is 3.85. The van der Waals surface area contributed by atoms with E-state index in [-0.39, 0.29) is 53.7 Å². The molecule has 1 aromatic heterocycles. The highest BCUT2D eigenvalue weighted by Crippen LogP contribution is 2.31. The zero-order valence-electron chi connectivity index (χ0n) is 22.8. The molecule has 0 unspecified atom stereocenters. The number of hydrogen-bond donors (Lipinski definition) is 3. The number of aliphatic hydroxyl groups is 1. The SMILES string of the molecule is C[C@@H]1CN([C@@H](C)CO)C(=O)c2cc(NS(=O)(=O)c3cn(C)cn3)ccc2O[C@@H]1CN(C)C(=O)Nc1ccccc1. The quantitative estimate of drug-likeness (QED) is 0.377. The fourth-order valence-corrected chi connectivity index (χ4v) is 5.36. The largest absolute Gasteiger partial charge is 0.487 e. The van der Waals surface area contributed by atoms with Crippen LogP contribution in [0.5, 0.6) is 5.75 Å². The summed E-state index contributed by atoms with van der Waals surface area (Å²) in [4.78, 5) is 33.4. The van der Waals surface area contributed by atoms with Gasteiger partial charge in [-0.2, -0.15) is 8.42 Å². The molecule has 0 aliphatic carbocycles. The lowest BCUT2D eigenvalue weighted by Gasteiger charge is -2.38. The van der Waals surface area contributed by atoms with Gasteiger partial charge in [0.15, 0.2) is 5.03 Å². The van der Waals surface area contributed by atoms with Gasteiger partial charge in [-0.1, -0.05) is 25.1 Å². The molecule has 0 radical (unpaired) electrons. The molecule has 3 atom stereocenters. The molecule has 2 aromatic carbocycles. The fourth-order valence-electron chi connectivity index (χ4n) is 4.33. The molecule has 13 heteroatoms. The number of imidazole rings is 1. The number of hydrogen-bond acceptors (Lipinski definition) is 7. The summed E-state index contributed by atoms with van der Waals surface area (Å²) in [5.41, 5.74) is 0.947. The second-order valence-electron chi connectivity index (χ2n) is 9.99. The Balaban J connectivity index is 1.61. The van der Waals surface area contributed by atoms with Gasteiger partial charge in [0, 0.05) is 44.1 Å². The second-order valence-corrected chi connectivity index (χ2v) is 11.6. The molecule has 40 heavy (non-hydrogen) atoms. The molecule has 3 aromatic rings. The van der Waals surface area contributed by atoms with Crippen LogP contribution < -0.4 is 14.8 Å². The van der Waals surface area contributed by atoms with Crippen LogP contribution in [-0.2, 0) is 17.1 Å². The standard InChI is InChI=1S/C27H34N6O6S/c1-18-13-33(19(2)16-34)26(35)22-12-21(30-40(37,38)25-15-31(3)17-28-25)10-11-23(22)39-24(18)14-32(4)27(36)29-20-8-6-5-7-9-20/h5-12,15,17-19,24,30,34H,13-14,16H2,1-4H3,(H,29,36)/t18-,19+,24-/m1/s1. The number of likely N-dealkylation sites (N-methyl/N-ethyl adjacent to an activating group) is 1. The molecule has 3 amide bonds. The number of benzene rings is 2. The number of anilines is 2. The number of carbonyl (C=O) groups is 2. The first kappa shape index (κ1) is 28.9. The lowest BCUT2D eigenvalue weighted by Crippen LogP contribution is -2.50. The van der Waals surface area contributed by atoms with Crippen LogP contribution in [0.1, 0.15) is 24.2 Å². The van der Waals surface area contributed by atoms with Crippen molar-refractivity contribution in [1.29, 1.82) is 0 Å². The Morgan fingerprint density at radius 3 is 2.60 bits per heavy atom. The Labute approximate surface area is 233 Å². The number of fused-ring (bicyclic) bond motifs is 1. The van der Waals surface area contributed by atoms with E-state index in [9.17, 15) is 23.1 Å². The molecule has 214 valence electrons. The maximum atomic E-state index is 13.6. The van der Waals surface area contributed by atoms with Crippen LogP contribution in [0.15, 0.2) is 66.1 Å². The third kappa shape index (κ3) is 6.54. The van der Waals surface area contributed by atoms with E-state index in [1.165, 1.54) is 40.2 Å². The molecule has 1 aliphatic rings. The topological polar surface area (TPSA) is 146 Å². The molecule has 4 rings (SSSR count). The average molecular weight is 571 g/mol. The maximum absolute atomic E-state index is 13.6. The van der Waals surface area contributed by atoms with Crippen LogP contribution in [0.4, 0.5) is 16.2 Å². The van der Waals surface area contributed by atoms with E-state index in [0.717, 1.165) is 0 Å². The number of nitrogens with zero attached hydrogens (tertiary/aromatic N) is 4. The van der Waals surface area contributed by atoms with Gasteiger partial charge in [-0.05, 0) is 37.3 Å². The van der Waals surface area contributed by atoms with Gasteiger partial charge < -0.3 is 29.5 Å². The van der Waals surface area contributed by atoms with Gasteiger partial charge in [0.05, 0.1) is 31.1 Å². The normalized spacial score (nSPS) is 18.1. The van der Waals surface area contributed by atoms with Crippen molar-refractivity contribution in [3.05, 3.63) is 66.6 Å². The van der Waals surface area contributed by atoms with E-state index < -0.39 is 28.1 Å². The zero-order valence-corrected chi connectivity index (χ0v) is 23.6. The number of sulfonamides is 1. The van der Waals surface area contributed by atoms with Gasteiger partial charge in [0.2, 0.25) is 0 Å². The van der Waals surface area contributed by atoms with E-state index in [4.69, 9.17) is 4.74 Å². The van der Waals surface area contributed by atoms with Crippen molar-refractivity contribution in [2.45, 2.75) is 31.0 Å². The summed E-state index contributed by atoms with van der Waals surface area (Å²) in [5, 5.41) is 12.6. The number of aromatic nitrogens is 2. The van der Waals surface area contributed by atoms with Crippen LogP contribution in [0.25, 0.3) is 0 Å². The second kappa shape index (κ2) is 12.0. The Morgan fingerprint density at radius 2 is 1.95 bits per heavy atom. The molecule has 12 nitrogen and oxygen atoms in total. The van der Waals surface area contributed by atoms with Crippen molar-refractivity contribution in [1.82, 2.24) is 19.4 Å². The summed E-state index contributed by atoms with van der Waals surface area (Å²) in [5.74, 6) is -0.370. The Hall–Kier alpha value is -4.10. The third-order valence-corrected chi connectivity index (χ3v) is 7.97. The molecule has 0 fully saturated rings. The zero-order chi connectivity index (χ0) is 29.0. The van der Waals surface area contributed by atoms with E-state index in [0.29, 0.717) is 5.69 Å². The first-order chi connectivity index (χ1) is 19.0. The smallest absolute Gasteiger partial charge is 0.321 e. The molecule has 3 N–H and O–H groups in total.